The van der Waals surface area contributed by atoms with Crippen LogP contribution in [-0.2, 0) is 11.3 Å². The molecule has 1 aliphatic heterocycles. The van der Waals surface area contributed by atoms with Gasteiger partial charge in [-0.25, -0.2) is 4.98 Å². The predicted octanol–water partition coefficient (Wildman–Crippen LogP) is 6.08. The molecule has 1 aliphatic rings. The number of imidazole rings is 1. The van der Waals surface area contributed by atoms with E-state index in [1.165, 1.54) is 36.8 Å². The van der Waals surface area contributed by atoms with Crippen molar-refractivity contribution >= 4 is 16.9 Å². The number of amides is 1. The molecule has 1 aromatic heterocycles. The zero-order valence-corrected chi connectivity index (χ0v) is 18.3. The molecule has 2 aromatic carbocycles. The zero-order valence-electron chi connectivity index (χ0n) is 18.3. The Labute approximate surface area is 179 Å². The van der Waals surface area contributed by atoms with Gasteiger partial charge in [0, 0.05) is 25.4 Å². The molecule has 0 saturated carbocycles. The van der Waals surface area contributed by atoms with Crippen molar-refractivity contribution in [3.05, 3.63) is 66.0 Å². The third kappa shape index (κ3) is 4.28. The molecule has 4 rings (SSSR count). The Morgan fingerprint density at radius 2 is 1.73 bits per heavy atom. The van der Waals surface area contributed by atoms with Crippen LogP contribution in [0.1, 0.15) is 75.7 Å². The molecular weight excluding hydrogens is 370 g/mol. The summed E-state index contributed by atoms with van der Waals surface area (Å²) in [5.74, 6) is 1.48. The predicted molar refractivity (Wildman–Crippen MR) is 122 cm³/mol. The normalized spacial score (nSPS) is 17.7. The fourth-order valence-electron chi connectivity index (χ4n) is 4.70. The lowest BCUT2D eigenvalue weighted by molar-refractivity contribution is -0.129. The highest BCUT2D eigenvalue weighted by molar-refractivity contribution is 5.81. The van der Waals surface area contributed by atoms with Gasteiger partial charge < -0.3 is 9.47 Å². The Hall–Kier alpha value is -2.62. The van der Waals surface area contributed by atoms with Crippen molar-refractivity contribution in [3.63, 3.8) is 0 Å². The summed E-state index contributed by atoms with van der Waals surface area (Å²) in [7, 11) is 0. The van der Waals surface area contributed by atoms with Crippen LogP contribution in [0.5, 0.6) is 0 Å². The second kappa shape index (κ2) is 9.46. The molecule has 4 heteroatoms. The van der Waals surface area contributed by atoms with Gasteiger partial charge in [0.2, 0.25) is 5.91 Å². The smallest absolute Gasteiger partial charge is 0.223 e. The second-order valence-corrected chi connectivity index (χ2v) is 8.56. The van der Waals surface area contributed by atoms with E-state index in [4.69, 9.17) is 4.98 Å². The topological polar surface area (TPSA) is 38.1 Å². The van der Waals surface area contributed by atoms with E-state index in [-0.39, 0.29) is 17.9 Å². The zero-order chi connectivity index (χ0) is 20.9. The second-order valence-electron chi connectivity index (χ2n) is 8.56. The van der Waals surface area contributed by atoms with Crippen LogP contribution >= 0.6 is 0 Å². The summed E-state index contributed by atoms with van der Waals surface area (Å²) in [5.41, 5.74) is 3.43. The largest absolute Gasteiger partial charge is 0.335 e. The first-order valence-corrected chi connectivity index (χ1v) is 11.5. The van der Waals surface area contributed by atoms with E-state index < -0.39 is 0 Å². The molecule has 2 atom stereocenters. The number of fused-ring (bicyclic) bond motifs is 1. The Bertz CT molecular complexity index is 978. The molecule has 1 fully saturated rings. The van der Waals surface area contributed by atoms with Crippen LogP contribution in [0.2, 0.25) is 0 Å². The number of nitrogens with zero attached hydrogens (tertiary/aromatic N) is 3. The maximum atomic E-state index is 12.9. The number of carbonyl (C=O) groups is 1. The van der Waals surface area contributed by atoms with E-state index in [2.05, 4.69) is 48.7 Å². The maximum Gasteiger partial charge on any atom is 0.223 e. The molecule has 30 heavy (non-hydrogen) atoms. The Morgan fingerprint density at radius 3 is 2.53 bits per heavy atom. The molecule has 0 bridgehead atoms. The monoisotopic (exact) mass is 403 g/mol. The van der Waals surface area contributed by atoms with Crippen LogP contribution in [0, 0.1) is 0 Å². The SMILES string of the molecule is CCCCCCCn1c(C2CC(=O)N(C(C)c3ccccc3)C2)nc2ccccc21. The summed E-state index contributed by atoms with van der Waals surface area (Å²) in [4.78, 5) is 19.9. The highest BCUT2D eigenvalue weighted by Crippen LogP contribution is 2.35. The molecule has 1 amide bonds. The van der Waals surface area contributed by atoms with Crippen LogP contribution in [0.25, 0.3) is 11.0 Å². The number of aromatic nitrogens is 2. The fourth-order valence-corrected chi connectivity index (χ4v) is 4.70. The van der Waals surface area contributed by atoms with Crippen molar-refractivity contribution in [2.45, 2.75) is 70.9 Å². The van der Waals surface area contributed by atoms with Gasteiger partial charge in [0.1, 0.15) is 5.82 Å². The number of para-hydroxylation sites is 2. The number of carbonyl (C=O) groups excluding carboxylic acids is 1. The summed E-state index contributed by atoms with van der Waals surface area (Å²) in [6.07, 6.45) is 6.83. The minimum Gasteiger partial charge on any atom is -0.335 e. The first-order chi connectivity index (χ1) is 14.7. The average molecular weight is 404 g/mol. The first kappa shape index (κ1) is 20.6. The molecule has 0 radical (unpaired) electrons. The molecule has 0 spiro atoms. The highest BCUT2D eigenvalue weighted by atomic mass is 16.2. The van der Waals surface area contributed by atoms with Crippen LogP contribution in [0.3, 0.4) is 0 Å². The van der Waals surface area contributed by atoms with E-state index in [1.54, 1.807) is 0 Å². The molecule has 0 N–H and O–H groups in total. The fraction of sp³-hybridized carbons (Fsp3) is 0.462. The first-order valence-electron chi connectivity index (χ1n) is 11.5. The number of unbranched alkanes of at least 4 members (excludes halogenated alkanes) is 4. The van der Waals surface area contributed by atoms with Gasteiger partial charge in [0.15, 0.2) is 0 Å². The summed E-state index contributed by atoms with van der Waals surface area (Å²) in [6, 6.07) is 18.8. The standard InChI is InChI=1S/C26H33N3O/c1-3-4-5-6-12-17-28-24-16-11-10-15-23(24)27-26(28)22-18-25(30)29(19-22)20(2)21-13-8-7-9-14-21/h7-11,13-16,20,22H,3-6,12,17-19H2,1-2H3. The number of hydrogen-bond acceptors (Lipinski definition) is 2. The molecule has 4 nitrogen and oxygen atoms in total. The van der Waals surface area contributed by atoms with E-state index in [0.717, 1.165) is 30.9 Å². The lowest BCUT2D eigenvalue weighted by Crippen LogP contribution is -2.28. The average Bonchev–Trinajstić information content (AvgIpc) is 3.34. The van der Waals surface area contributed by atoms with Crippen LogP contribution in [0.15, 0.2) is 54.6 Å². The third-order valence-corrected chi connectivity index (χ3v) is 6.44. The van der Waals surface area contributed by atoms with Crippen molar-refractivity contribution < 1.29 is 4.79 Å². The molecule has 2 heterocycles. The molecular formula is C26H33N3O. The molecule has 2 unspecified atom stereocenters. The number of hydrogen-bond donors (Lipinski definition) is 0. The van der Waals surface area contributed by atoms with Gasteiger partial charge in [-0.1, -0.05) is 75.1 Å². The Morgan fingerprint density at radius 1 is 1.00 bits per heavy atom. The van der Waals surface area contributed by atoms with Crippen molar-refractivity contribution in [2.75, 3.05) is 6.54 Å². The van der Waals surface area contributed by atoms with E-state index in [1.807, 2.05) is 29.2 Å². The van der Waals surface area contributed by atoms with Gasteiger partial charge in [-0.05, 0) is 31.0 Å². The van der Waals surface area contributed by atoms with Gasteiger partial charge in [-0.15, -0.1) is 0 Å². The summed E-state index contributed by atoms with van der Waals surface area (Å²) < 4.78 is 2.38. The third-order valence-electron chi connectivity index (χ3n) is 6.44. The number of likely N-dealkylation sites (tertiary alicyclic amines) is 1. The van der Waals surface area contributed by atoms with Gasteiger partial charge in [0.05, 0.1) is 17.1 Å². The number of rotatable bonds is 9. The van der Waals surface area contributed by atoms with Crippen molar-refractivity contribution in [2.24, 2.45) is 0 Å². The van der Waals surface area contributed by atoms with Crippen LogP contribution < -0.4 is 0 Å². The molecule has 158 valence electrons. The minimum atomic E-state index is 0.0931. The van der Waals surface area contributed by atoms with E-state index >= 15 is 0 Å². The number of aryl methyl sites for hydroxylation is 1. The van der Waals surface area contributed by atoms with E-state index in [0.29, 0.717) is 6.42 Å². The summed E-state index contributed by atoms with van der Waals surface area (Å²) in [6.45, 7) is 6.11. The Balaban J connectivity index is 1.55. The van der Waals surface area contributed by atoms with Gasteiger partial charge in [-0.3, -0.25) is 4.79 Å². The van der Waals surface area contributed by atoms with Gasteiger partial charge in [-0.2, -0.15) is 0 Å². The summed E-state index contributed by atoms with van der Waals surface area (Å²) in [5, 5.41) is 0. The van der Waals surface area contributed by atoms with Crippen LogP contribution in [0.4, 0.5) is 0 Å². The van der Waals surface area contributed by atoms with Crippen molar-refractivity contribution in [3.8, 4) is 0 Å². The van der Waals surface area contributed by atoms with Crippen molar-refractivity contribution in [1.82, 2.24) is 14.5 Å². The van der Waals surface area contributed by atoms with Gasteiger partial charge >= 0.3 is 0 Å². The lowest BCUT2D eigenvalue weighted by atomic mass is 10.1. The highest BCUT2D eigenvalue weighted by Gasteiger charge is 2.36. The summed E-state index contributed by atoms with van der Waals surface area (Å²) >= 11 is 0. The molecule has 1 saturated heterocycles. The lowest BCUT2D eigenvalue weighted by Gasteiger charge is -2.25. The number of benzene rings is 2. The minimum absolute atomic E-state index is 0.0931. The quantitative estimate of drug-likeness (QED) is 0.406. The van der Waals surface area contributed by atoms with Gasteiger partial charge in [0.25, 0.3) is 0 Å². The molecule has 3 aromatic rings. The Kier molecular flexibility index (Phi) is 6.51. The maximum absolute atomic E-state index is 12.9. The van der Waals surface area contributed by atoms with Crippen molar-refractivity contribution in [1.29, 1.82) is 0 Å². The molecule has 0 aliphatic carbocycles. The van der Waals surface area contributed by atoms with E-state index in [9.17, 15) is 4.79 Å². The van der Waals surface area contributed by atoms with Crippen LogP contribution in [-0.4, -0.2) is 26.9 Å².